The maximum atomic E-state index is 15.0. The predicted molar refractivity (Wildman–Crippen MR) is 162 cm³/mol. The van der Waals surface area contributed by atoms with Crippen LogP contribution < -0.4 is 10.6 Å². The monoisotopic (exact) mass is 637 g/mol. The summed E-state index contributed by atoms with van der Waals surface area (Å²) in [7, 11) is 0. The van der Waals surface area contributed by atoms with Gasteiger partial charge in [-0.3, -0.25) is 9.78 Å². The number of carbonyl (C=O) groups excluding carboxylic acids is 1. The van der Waals surface area contributed by atoms with Gasteiger partial charge in [-0.15, -0.1) is 0 Å². The molecule has 1 amide bonds. The standard InChI is InChI=1S/C33H28ClF4N5O2/c34-20-3-8-28-29(11-20)43-33(42-28)31-17-45-24(14-40-31)6-7-25-27(38)15-39-16-30(25)41-32(44)13-26(18-1-4-21(35)5-2-18)19-9-22(36)12-23(37)10-19/h1-5,8-12,15-16,24,26,31,40H,6-7,13-14,17H2,(H,41,44)(H,42,43)/t24-,26+,31+/m1/s1. The van der Waals surface area contributed by atoms with Crippen molar-refractivity contribution in [2.75, 3.05) is 18.5 Å². The van der Waals surface area contributed by atoms with Crippen molar-refractivity contribution in [1.82, 2.24) is 20.3 Å². The Labute approximate surface area is 261 Å². The summed E-state index contributed by atoms with van der Waals surface area (Å²) in [5.41, 5.74) is 2.77. The lowest BCUT2D eigenvalue weighted by atomic mass is 9.88. The molecule has 1 saturated heterocycles. The number of halogens is 5. The molecule has 2 aromatic heterocycles. The summed E-state index contributed by atoms with van der Waals surface area (Å²) in [6.45, 7) is 0.854. The maximum absolute atomic E-state index is 15.0. The number of imidazole rings is 1. The van der Waals surface area contributed by atoms with Crippen molar-refractivity contribution in [1.29, 1.82) is 0 Å². The Hall–Kier alpha value is -4.32. The van der Waals surface area contributed by atoms with Gasteiger partial charge in [-0.1, -0.05) is 23.7 Å². The van der Waals surface area contributed by atoms with E-state index < -0.39 is 35.1 Å². The average Bonchev–Trinajstić information content (AvgIpc) is 3.43. The molecular weight excluding hydrogens is 610 g/mol. The minimum Gasteiger partial charge on any atom is -0.375 e. The molecule has 0 bridgehead atoms. The highest BCUT2D eigenvalue weighted by molar-refractivity contribution is 6.31. The predicted octanol–water partition coefficient (Wildman–Crippen LogP) is 6.99. The summed E-state index contributed by atoms with van der Waals surface area (Å²) < 4.78 is 62.8. The molecule has 1 aliphatic rings. The topological polar surface area (TPSA) is 91.9 Å². The third-order valence-corrected chi connectivity index (χ3v) is 8.06. The number of amides is 1. The molecule has 0 unspecified atom stereocenters. The zero-order valence-corrected chi connectivity index (χ0v) is 24.6. The van der Waals surface area contributed by atoms with Crippen molar-refractivity contribution in [3.8, 4) is 0 Å². The van der Waals surface area contributed by atoms with Crippen LogP contribution in [0.1, 0.15) is 47.3 Å². The lowest BCUT2D eigenvalue weighted by Crippen LogP contribution is -2.41. The third kappa shape index (κ3) is 7.33. The van der Waals surface area contributed by atoms with Crippen LogP contribution in [0.4, 0.5) is 23.2 Å². The van der Waals surface area contributed by atoms with E-state index in [0.29, 0.717) is 30.2 Å². The number of aromatic nitrogens is 3. The number of pyridine rings is 1. The third-order valence-electron chi connectivity index (χ3n) is 7.83. The van der Waals surface area contributed by atoms with Crippen LogP contribution in [-0.2, 0) is 16.0 Å². The summed E-state index contributed by atoms with van der Waals surface area (Å²) in [5, 5.41) is 6.74. The summed E-state index contributed by atoms with van der Waals surface area (Å²) in [6, 6.07) is 13.6. The van der Waals surface area contributed by atoms with Crippen molar-refractivity contribution in [2.45, 2.75) is 37.3 Å². The van der Waals surface area contributed by atoms with Gasteiger partial charge in [0.2, 0.25) is 5.91 Å². The van der Waals surface area contributed by atoms with Gasteiger partial charge >= 0.3 is 0 Å². The number of fused-ring (bicyclic) bond motifs is 1. The summed E-state index contributed by atoms with van der Waals surface area (Å²) in [5.74, 6) is -3.28. The minimum atomic E-state index is -0.803. The molecule has 0 radical (unpaired) electrons. The molecule has 5 aromatic rings. The van der Waals surface area contributed by atoms with Crippen molar-refractivity contribution in [3.05, 3.63) is 124 Å². The Balaban J connectivity index is 1.11. The first-order valence-corrected chi connectivity index (χ1v) is 14.7. The Bertz CT molecular complexity index is 1810. The van der Waals surface area contributed by atoms with Gasteiger partial charge in [0.05, 0.1) is 47.9 Å². The first-order chi connectivity index (χ1) is 21.7. The highest BCUT2D eigenvalue weighted by Gasteiger charge is 2.26. The molecule has 3 N–H and O–H groups in total. The van der Waals surface area contributed by atoms with Gasteiger partial charge in [0.15, 0.2) is 0 Å². The highest BCUT2D eigenvalue weighted by Crippen LogP contribution is 2.31. The molecule has 0 aliphatic carbocycles. The molecule has 232 valence electrons. The minimum absolute atomic E-state index is 0.152. The van der Waals surface area contributed by atoms with E-state index in [1.165, 1.54) is 30.5 Å². The number of morpholine rings is 1. The van der Waals surface area contributed by atoms with Crippen LogP contribution in [0.2, 0.25) is 5.02 Å². The molecule has 3 aromatic carbocycles. The van der Waals surface area contributed by atoms with E-state index in [4.69, 9.17) is 16.3 Å². The molecule has 7 nitrogen and oxygen atoms in total. The number of benzene rings is 3. The highest BCUT2D eigenvalue weighted by atomic mass is 35.5. The van der Waals surface area contributed by atoms with Crippen LogP contribution in [0, 0.1) is 23.3 Å². The number of anilines is 1. The van der Waals surface area contributed by atoms with Crippen LogP contribution in [0.15, 0.2) is 73.1 Å². The van der Waals surface area contributed by atoms with Gasteiger partial charge in [0, 0.05) is 35.5 Å². The van der Waals surface area contributed by atoms with E-state index in [2.05, 4.69) is 25.6 Å². The van der Waals surface area contributed by atoms with Crippen LogP contribution in [0.25, 0.3) is 11.0 Å². The second-order valence-electron chi connectivity index (χ2n) is 10.9. The largest absolute Gasteiger partial charge is 0.375 e. The van der Waals surface area contributed by atoms with Crippen molar-refractivity contribution < 1.29 is 27.1 Å². The van der Waals surface area contributed by atoms with Crippen LogP contribution in [-0.4, -0.2) is 40.1 Å². The number of carbonyl (C=O) groups is 1. The first kappa shape index (κ1) is 30.7. The second-order valence-corrected chi connectivity index (χ2v) is 11.4. The van der Waals surface area contributed by atoms with Gasteiger partial charge in [0.25, 0.3) is 0 Å². The van der Waals surface area contributed by atoms with E-state index in [1.54, 1.807) is 6.07 Å². The van der Waals surface area contributed by atoms with Crippen molar-refractivity contribution in [3.63, 3.8) is 0 Å². The lowest BCUT2D eigenvalue weighted by molar-refractivity contribution is -0.116. The number of hydrogen-bond donors (Lipinski definition) is 3. The van der Waals surface area contributed by atoms with Gasteiger partial charge < -0.3 is 20.4 Å². The Kier molecular flexibility index (Phi) is 9.11. The summed E-state index contributed by atoms with van der Waals surface area (Å²) >= 11 is 6.08. The molecule has 3 atom stereocenters. The molecule has 12 heteroatoms. The number of aromatic amines is 1. The first-order valence-electron chi connectivity index (χ1n) is 14.4. The van der Waals surface area contributed by atoms with Crippen molar-refractivity contribution >= 4 is 34.2 Å². The number of ether oxygens (including phenoxy) is 1. The Morgan fingerprint density at radius 3 is 2.49 bits per heavy atom. The van der Waals surface area contributed by atoms with Gasteiger partial charge in [-0.25, -0.2) is 22.5 Å². The fourth-order valence-corrected chi connectivity index (χ4v) is 5.74. The normalized spacial score (nSPS) is 17.4. The molecule has 0 saturated carbocycles. The molecule has 1 fully saturated rings. The molecule has 1 aliphatic heterocycles. The number of H-pyrrole nitrogens is 1. The van der Waals surface area contributed by atoms with E-state index in [0.717, 1.165) is 41.3 Å². The second kappa shape index (κ2) is 13.4. The molecule has 6 rings (SSSR count). The molecule has 45 heavy (non-hydrogen) atoms. The number of nitrogens with one attached hydrogen (secondary N) is 3. The zero-order chi connectivity index (χ0) is 31.5. The zero-order valence-electron chi connectivity index (χ0n) is 23.8. The average molecular weight is 638 g/mol. The quantitative estimate of drug-likeness (QED) is 0.152. The maximum Gasteiger partial charge on any atom is 0.225 e. The van der Waals surface area contributed by atoms with E-state index in [-0.39, 0.29) is 41.8 Å². The SMILES string of the molecule is O=C(C[C@@H](c1ccc(F)cc1)c1cc(F)cc(F)c1)Nc1cncc(F)c1CC[C@@H]1CN[C@H](c2nc3ccc(Cl)cc3[nH]2)CO1. The van der Waals surface area contributed by atoms with E-state index in [9.17, 15) is 22.4 Å². The smallest absolute Gasteiger partial charge is 0.225 e. The summed E-state index contributed by atoms with van der Waals surface area (Å²) in [4.78, 5) is 25.0. The lowest BCUT2D eigenvalue weighted by Gasteiger charge is -2.29. The van der Waals surface area contributed by atoms with Gasteiger partial charge in [-0.2, -0.15) is 0 Å². The fourth-order valence-electron chi connectivity index (χ4n) is 5.57. The van der Waals surface area contributed by atoms with Crippen molar-refractivity contribution in [2.24, 2.45) is 0 Å². The van der Waals surface area contributed by atoms with E-state index in [1.807, 2.05) is 12.1 Å². The molecule has 0 spiro atoms. The Morgan fingerprint density at radius 2 is 1.76 bits per heavy atom. The molecular formula is C33H28ClF4N5O2. The number of nitrogens with zero attached hydrogens (tertiary/aromatic N) is 2. The number of rotatable bonds is 9. The van der Waals surface area contributed by atoms with Crippen LogP contribution >= 0.6 is 11.6 Å². The van der Waals surface area contributed by atoms with Gasteiger partial charge in [0.1, 0.15) is 29.1 Å². The fraction of sp³-hybridized carbons (Fsp3) is 0.242. The summed E-state index contributed by atoms with van der Waals surface area (Å²) in [6.07, 6.45) is 2.68. The van der Waals surface area contributed by atoms with Crippen LogP contribution in [0.5, 0.6) is 0 Å². The van der Waals surface area contributed by atoms with E-state index >= 15 is 0 Å². The number of hydrogen-bond acceptors (Lipinski definition) is 5. The van der Waals surface area contributed by atoms with Crippen LogP contribution in [0.3, 0.4) is 0 Å². The Morgan fingerprint density at radius 1 is 0.978 bits per heavy atom. The molecule has 3 heterocycles. The van der Waals surface area contributed by atoms with Gasteiger partial charge in [-0.05, 0) is 66.4 Å².